The summed E-state index contributed by atoms with van der Waals surface area (Å²) >= 11 is 0. The molecule has 1 atom stereocenters. The molecule has 1 aliphatic carbocycles. The monoisotopic (exact) mass is 350 g/mol. The summed E-state index contributed by atoms with van der Waals surface area (Å²) in [5.74, 6) is 1.14. The van der Waals surface area contributed by atoms with Crippen LogP contribution in [0.2, 0.25) is 0 Å². The molecule has 3 fully saturated rings. The lowest BCUT2D eigenvalue weighted by Gasteiger charge is -2.59. The molecule has 3 heterocycles. The van der Waals surface area contributed by atoms with Gasteiger partial charge in [0, 0.05) is 18.7 Å². The summed E-state index contributed by atoms with van der Waals surface area (Å²) in [6.07, 6.45) is 8.06. The second-order valence-corrected chi connectivity index (χ2v) is 8.28. The van der Waals surface area contributed by atoms with Gasteiger partial charge in [-0.25, -0.2) is 0 Å². The average Bonchev–Trinajstić information content (AvgIpc) is 3.36. The fourth-order valence-corrected chi connectivity index (χ4v) is 4.89. The molecule has 136 valence electrons. The molecule has 2 aliphatic heterocycles. The van der Waals surface area contributed by atoms with Crippen molar-refractivity contribution >= 4 is 5.91 Å². The maximum atomic E-state index is 13.2. The van der Waals surface area contributed by atoms with Crippen LogP contribution in [0.1, 0.15) is 42.9 Å². The van der Waals surface area contributed by atoms with E-state index < -0.39 is 0 Å². The Balaban J connectivity index is 1.34. The van der Waals surface area contributed by atoms with E-state index in [0.29, 0.717) is 5.91 Å². The number of β-lactam (4-membered cyclic amide) rings is 1. The van der Waals surface area contributed by atoms with Gasteiger partial charge in [0.15, 0.2) is 0 Å². The second kappa shape index (κ2) is 6.27. The van der Waals surface area contributed by atoms with Crippen LogP contribution in [0.3, 0.4) is 0 Å². The highest BCUT2D eigenvalue weighted by Crippen LogP contribution is 2.57. The van der Waals surface area contributed by atoms with Crippen molar-refractivity contribution < 1.29 is 9.21 Å². The van der Waals surface area contributed by atoms with Crippen molar-refractivity contribution in [2.24, 2.45) is 11.3 Å². The van der Waals surface area contributed by atoms with E-state index in [0.717, 1.165) is 44.9 Å². The van der Waals surface area contributed by atoms with Crippen LogP contribution in [-0.2, 0) is 11.3 Å². The number of carbonyl (C=O) groups is 1. The second-order valence-electron chi connectivity index (χ2n) is 8.28. The number of carbonyl (C=O) groups excluding carboxylic acids is 1. The molecule has 2 aromatic rings. The van der Waals surface area contributed by atoms with Crippen molar-refractivity contribution in [2.75, 3.05) is 19.6 Å². The van der Waals surface area contributed by atoms with Crippen LogP contribution in [0.4, 0.5) is 0 Å². The first-order chi connectivity index (χ1) is 12.8. The first-order valence-corrected chi connectivity index (χ1v) is 9.86. The molecule has 4 heteroatoms. The Morgan fingerprint density at radius 3 is 2.50 bits per heavy atom. The normalized spacial score (nSPS) is 25.5. The van der Waals surface area contributed by atoms with Crippen LogP contribution in [0.25, 0.3) is 0 Å². The molecule has 1 aromatic carbocycles. The highest BCUT2D eigenvalue weighted by molar-refractivity contribution is 5.91. The van der Waals surface area contributed by atoms with Crippen LogP contribution in [-0.4, -0.2) is 35.3 Å². The van der Waals surface area contributed by atoms with Gasteiger partial charge in [0.1, 0.15) is 0 Å². The van der Waals surface area contributed by atoms with Gasteiger partial charge >= 0.3 is 0 Å². The number of furan rings is 1. The number of hydrogen-bond acceptors (Lipinski definition) is 3. The van der Waals surface area contributed by atoms with E-state index >= 15 is 0 Å². The van der Waals surface area contributed by atoms with Crippen molar-refractivity contribution in [3.8, 4) is 0 Å². The van der Waals surface area contributed by atoms with Crippen LogP contribution in [0, 0.1) is 11.3 Å². The van der Waals surface area contributed by atoms with Gasteiger partial charge in [-0.2, -0.15) is 0 Å². The minimum Gasteiger partial charge on any atom is -0.472 e. The molecule has 26 heavy (non-hydrogen) atoms. The van der Waals surface area contributed by atoms with E-state index in [1.54, 1.807) is 6.26 Å². The van der Waals surface area contributed by atoms with Gasteiger partial charge in [0.2, 0.25) is 5.91 Å². The van der Waals surface area contributed by atoms with Crippen molar-refractivity contribution in [3.63, 3.8) is 0 Å². The lowest BCUT2D eigenvalue weighted by molar-refractivity contribution is -0.181. The number of likely N-dealkylation sites (tertiary alicyclic amines) is 2. The number of benzene rings is 1. The molecule has 3 aliphatic rings. The number of nitrogens with zero attached hydrogens (tertiary/aromatic N) is 2. The third-order valence-electron chi connectivity index (χ3n) is 6.52. The molecule has 1 spiro atoms. The van der Waals surface area contributed by atoms with Gasteiger partial charge in [-0.15, -0.1) is 0 Å². The van der Waals surface area contributed by atoms with Gasteiger partial charge in [-0.05, 0) is 56.3 Å². The minimum atomic E-state index is -0.177. The van der Waals surface area contributed by atoms with E-state index in [4.69, 9.17) is 4.42 Å². The molecule has 2 saturated heterocycles. The van der Waals surface area contributed by atoms with Gasteiger partial charge in [0.25, 0.3) is 0 Å². The zero-order valence-electron chi connectivity index (χ0n) is 15.1. The molecule has 0 bridgehead atoms. The first kappa shape index (κ1) is 16.1. The molecule has 5 rings (SSSR count). The van der Waals surface area contributed by atoms with E-state index in [9.17, 15) is 4.79 Å². The fraction of sp³-hybridized carbons (Fsp3) is 0.500. The molecule has 0 radical (unpaired) electrons. The summed E-state index contributed by atoms with van der Waals surface area (Å²) in [4.78, 5) is 17.8. The largest absolute Gasteiger partial charge is 0.472 e. The Labute approximate surface area is 154 Å². The molecule has 1 amide bonds. The molecular formula is C22H26N2O2. The molecule has 4 nitrogen and oxygen atoms in total. The minimum absolute atomic E-state index is 0.177. The maximum absolute atomic E-state index is 13.2. The molecular weight excluding hydrogens is 324 g/mol. The quantitative estimate of drug-likeness (QED) is 0.769. The smallest absolute Gasteiger partial charge is 0.231 e. The number of hydrogen-bond donors (Lipinski definition) is 0. The Kier molecular flexibility index (Phi) is 3.89. The van der Waals surface area contributed by atoms with E-state index in [1.165, 1.54) is 24.0 Å². The Morgan fingerprint density at radius 1 is 1.08 bits per heavy atom. The lowest BCUT2D eigenvalue weighted by Crippen LogP contribution is -2.66. The summed E-state index contributed by atoms with van der Waals surface area (Å²) < 4.78 is 5.19. The van der Waals surface area contributed by atoms with Gasteiger partial charge in [0.05, 0.1) is 24.0 Å². The third kappa shape index (κ3) is 2.67. The highest BCUT2D eigenvalue weighted by atomic mass is 16.3. The van der Waals surface area contributed by atoms with Gasteiger partial charge in [-0.3, -0.25) is 9.69 Å². The molecule has 1 saturated carbocycles. The van der Waals surface area contributed by atoms with E-state index in [-0.39, 0.29) is 11.5 Å². The lowest BCUT2D eigenvalue weighted by atomic mass is 9.62. The average molecular weight is 350 g/mol. The summed E-state index contributed by atoms with van der Waals surface area (Å²) in [5.41, 5.74) is 2.36. The SMILES string of the molecule is O=C1N(CC2CC2)C(c2ccccc2)C12CCN(Cc1ccoc1)CC2. The van der Waals surface area contributed by atoms with Gasteiger partial charge < -0.3 is 9.32 Å². The van der Waals surface area contributed by atoms with Gasteiger partial charge in [-0.1, -0.05) is 30.3 Å². The number of amides is 1. The Bertz CT molecular complexity index is 759. The zero-order chi connectivity index (χ0) is 17.6. The first-order valence-electron chi connectivity index (χ1n) is 9.86. The number of rotatable bonds is 5. The van der Waals surface area contributed by atoms with E-state index in [2.05, 4.69) is 40.1 Å². The summed E-state index contributed by atoms with van der Waals surface area (Å²) in [6.45, 7) is 3.84. The van der Waals surface area contributed by atoms with Crippen molar-refractivity contribution in [1.82, 2.24) is 9.80 Å². The summed E-state index contributed by atoms with van der Waals surface area (Å²) in [6, 6.07) is 13.0. The van der Waals surface area contributed by atoms with Crippen LogP contribution in [0.15, 0.2) is 53.3 Å². The van der Waals surface area contributed by atoms with Crippen molar-refractivity contribution in [3.05, 3.63) is 60.1 Å². The Hall–Kier alpha value is -2.07. The third-order valence-corrected chi connectivity index (χ3v) is 6.52. The summed E-state index contributed by atoms with van der Waals surface area (Å²) in [5, 5.41) is 0. The predicted molar refractivity (Wildman–Crippen MR) is 99.3 cm³/mol. The topological polar surface area (TPSA) is 36.7 Å². The molecule has 1 aromatic heterocycles. The predicted octanol–water partition coefficient (Wildman–Crippen LogP) is 3.86. The van der Waals surface area contributed by atoms with Crippen LogP contribution >= 0.6 is 0 Å². The van der Waals surface area contributed by atoms with Crippen LogP contribution < -0.4 is 0 Å². The Morgan fingerprint density at radius 2 is 1.85 bits per heavy atom. The van der Waals surface area contributed by atoms with Crippen molar-refractivity contribution in [1.29, 1.82) is 0 Å². The molecule has 0 N–H and O–H groups in total. The van der Waals surface area contributed by atoms with Crippen LogP contribution in [0.5, 0.6) is 0 Å². The maximum Gasteiger partial charge on any atom is 0.231 e. The number of piperidine rings is 1. The zero-order valence-corrected chi connectivity index (χ0v) is 15.1. The van der Waals surface area contributed by atoms with E-state index in [1.807, 2.05) is 12.3 Å². The van der Waals surface area contributed by atoms with Crippen molar-refractivity contribution in [2.45, 2.75) is 38.3 Å². The fourth-order valence-electron chi connectivity index (χ4n) is 4.89. The highest BCUT2D eigenvalue weighted by Gasteiger charge is 2.61. The summed E-state index contributed by atoms with van der Waals surface area (Å²) in [7, 11) is 0. The molecule has 1 unspecified atom stereocenters. The standard InChI is InChI=1S/C22H26N2O2/c25-21-22(9-11-23(12-10-22)14-18-8-13-26-16-18)20(19-4-2-1-3-5-19)24(21)15-17-6-7-17/h1-5,8,13,16-17,20H,6-7,9-12,14-15H2.